The van der Waals surface area contributed by atoms with Crippen LogP contribution in [-0.2, 0) is 0 Å². The molecule has 2 heteroatoms. The van der Waals surface area contributed by atoms with Gasteiger partial charge in [0.05, 0.1) is 0 Å². The minimum atomic E-state index is 0.907. The fourth-order valence-electron chi connectivity index (χ4n) is 6.51. The summed E-state index contributed by atoms with van der Waals surface area (Å²) >= 11 is 0. The zero-order valence-electron chi connectivity index (χ0n) is 20.4. The third-order valence-electron chi connectivity index (χ3n) is 8.06. The Morgan fingerprint density at radius 3 is 1.16 bits per heavy atom. The van der Waals surface area contributed by atoms with Gasteiger partial charge in [0.15, 0.2) is 0 Å². The first-order valence-electron chi connectivity index (χ1n) is 12.9. The molecule has 9 rings (SSSR count). The molecule has 2 aromatic heterocycles. The summed E-state index contributed by atoms with van der Waals surface area (Å²) in [4.78, 5) is 0. The van der Waals surface area contributed by atoms with Gasteiger partial charge in [-0.3, -0.25) is 0 Å². The van der Waals surface area contributed by atoms with Gasteiger partial charge in [0.2, 0.25) is 0 Å². The van der Waals surface area contributed by atoms with Crippen molar-refractivity contribution in [2.45, 2.75) is 0 Å². The molecule has 1 aliphatic carbocycles. The minimum Gasteiger partial charge on any atom is -0.456 e. The van der Waals surface area contributed by atoms with Crippen LogP contribution in [0.2, 0.25) is 0 Å². The van der Waals surface area contributed by atoms with E-state index in [1.165, 1.54) is 44.5 Å². The van der Waals surface area contributed by atoms with Crippen molar-refractivity contribution in [3.8, 4) is 44.5 Å². The number of rotatable bonds is 0. The van der Waals surface area contributed by atoms with Crippen LogP contribution in [0.1, 0.15) is 0 Å². The Hall–Kier alpha value is -5.08. The van der Waals surface area contributed by atoms with Gasteiger partial charge in [-0.2, -0.15) is 0 Å². The second kappa shape index (κ2) is 7.24. The fourth-order valence-corrected chi connectivity index (χ4v) is 6.51. The molecule has 0 N–H and O–H groups in total. The lowest BCUT2D eigenvalue weighted by molar-refractivity contribution is 0.668. The van der Waals surface area contributed by atoms with E-state index >= 15 is 0 Å². The van der Waals surface area contributed by atoms with Gasteiger partial charge in [0, 0.05) is 32.7 Å². The Balaban J connectivity index is 1.57. The van der Waals surface area contributed by atoms with Gasteiger partial charge in [0.25, 0.3) is 0 Å². The first kappa shape index (κ1) is 20.0. The molecule has 2 heterocycles. The Bertz CT molecular complexity index is 2080. The summed E-state index contributed by atoms with van der Waals surface area (Å²) in [6.07, 6.45) is 0. The van der Waals surface area contributed by atoms with E-state index in [-0.39, 0.29) is 0 Å². The molecule has 0 radical (unpaired) electrons. The lowest BCUT2D eigenvalue weighted by Gasteiger charge is -2.24. The highest BCUT2D eigenvalue weighted by atomic mass is 16.3. The number of hydrogen-bond acceptors (Lipinski definition) is 2. The summed E-state index contributed by atoms with van der Waals surface area (Å²) in [5, 5.41) is 4.60. The Morgan fingerprint density at radius 1 is 0.289 bits per heavy atom. The van der Waals surface area contributed by atoms with Crippen LogP contribution in [0.25, 0.3) is 88.4 Å². The normalized spacial score (nSPS) is 12.2. The molecule has 0 atom stereocenters. The smallest absolute Gasteiger partial charge is 0.136 e. The van der Waals surface area contributed by atoms with E-state index < -0.39 is 0 Å². The molecule has 0 aliphatic heterocycles. The lowest BCUT2D eigenvalue weighted by atomic mass is 9.78. The highest BCUT2D eigenvalue weighted by Crippen LogP contribution is 2.53. The molecule has 8 aromatic rings. The maximum atomic E-state index is 6.36. The average molecular weight is 485 g/mol. The number of hydrogen-bond donors (Lipinski definition) is 0. The van der Waals surface area contributed by atoms with Crippen LogP contribution in [0, 0.1) is 0 Å². The van der Waals surface area contributed by atoms with Crippen molar-refractivity contribution >= 4 is 43.9 Å². The number of benzene rings is 6. The molecule has 0 spiro atoms. The SMILES string of the molecule is c1ccc2c(c1)-c1ccccc1-c1c(ccc3oc4ccccc4c13)-c1ccc3oc4ccccc4c3c1-2. The highest BCUT2D eigenvalue weighted by molar-refractivity contribution is 6.23. The average Bonchev–Trinajstić information content (AvgIpc) is 3.54. The van der Waals surface area contributed by atoms with Crippen molar-refractivity contribution in [2.24, 2.45) is 0 Å². The highest BCUT2D eigenvalue weighted by Gasteiger charge is 2.27. The standard InChI is InChI=1S/C36H20O2/c1-3-11-23-21(9-1)22-10-2-4-12-24(22)34-26(18-20-32-36(34)28-14-6-8-16-30(28)38-32)25-17-19-31-35(33(23)25)27-13-5-7-15-29(27)37-31/h1-20H. The summed E-state index contributed by atoms with van der Waals surface area (Å²) in [6, 6.07) is 43.0. The predicted octanol–water partition coefficient (Wildman–Crippen LogP) is 10.5. The molecule has 6 aromatic carbocycles. The molecular formula is C36H20O2. The van der Waals surface area contributed by atoms with E-state index in [1.807, 2.05) is 12.1 Å². The number of furan rings is 2. The van der Waals surface area contributed by atoms with Crippen molar-refractivity contribution < 1.29 is 8.83 Å². The van der Waals surface area contributed by atoms with Gasteiger partial charge in [-0.15, -0.1) is 0 Å². The van der Waals surface area contributed by atoms with Crippen molar-refractivity contribution in [2.75, 3.05) is 0 Å². The van der Waals surface area contributed by atoms with E-state index in [0.29, 0.717) is 0 Å². The van der Waals surface area contributed by atoms with Gasteiger partial charge in [-0.05, 0) is 69.8 Å². The van der Waals surface area contributed by atoms with Gasteiger partial charge in [-0.1, -0.05) is 84.9 Å². The lowest BCUT2D eigenvalue weighted by Crippen LogP contribution is -1.98. The van der Waals surface area contributed by atoms with Gasteiger partial charge in [0.1, 0.15) is 22.3 Å². The quantitative estimate of drug-likeness (QED) is 0.214. The number of para-hydroxylation sites is 2. The fraction of sp³-hybridized carbons (Fsp3) is 0. The second-order valence-corrected chi connectivity index (χ2v) is 10.0. The first-order valence-corrected chi connectivity index (χ1v) is 12.9. The maximum Gasteiger partial charge on any atom is 0.136 e. The summed E-state index contributed by atoms with van der Waals surface area (Å²) in [5.41, 5.74) is 13.3. The van der Waals surface area contributed by atoms with E-state index in [1.54, 1.807) is 0 Å². The van der Waals surface area contributed by atoms with Crippen molar-refractivity contribution in [1.82, 2.24) is 0 Å². The summed E-state index contributed by atoms with van der Waals surface area (Å²) < 4.78 is 12.7. The molecule has 0 amide bonds. The zero-order valence-corrected chi connectivity index (χ0v) is 20.4. The Labute approximate surface area is 218 Å². The molecule has 2 nitrogen and oxygen atoms in total. The van der Waals surface area contributed by atoms with Crippen LogP contribution >= 0.6 is 0 Å². The topological polar surface area (TPSA) is 26.3 Å². The predicted molar refractivity (Wildman–Crippen MR) is 156 cm³/mol. The van der Waals surface area contributed by atoms with Crippen LogP contribution in [-0.4, -0.2) is 0 Å². The minimum absolute atomic E-state index is 0.907. The van der Waals surface area contributed by atoms with E-state index in [2.05, 4.69) is 109 Å². The second-order valence-electron chi connectivity index (χ2n) is 10.0. The van der Waals surface area contributed by atoms with Crippen LogP contribution in [0.5, 0.6) is 0 Å². The molecule has 176 valence electrons. The molecule has 38 heavy (non-hydrogen) atoms. The summed E-state index contributed by atoms with van der Waals surface area (Å²) in [7, 11) is 0. The van der Waals surface area contributed by atoms with Crippen LogP contribution in [0.15, 0.2) is 130 Å². The van der Waals surface area contributed by atoms with Crippen molar-refractivity contribution in [3.05, 3.63) is 121 Å². The first-order chi connectivity index (χ1) is 18.9. The van der Waals surface area contributed by atoms with E-state index in [4.69, 9.17) is 8.83 Å². The third kappa shape index (κ3) is 2.51. The molecule has 0 unspecified atom stereocenters. The van der Waals surface area contributed by atoms with Gasteiger partial charge >= 0.3 is 0 Å². The van der Waals surface area contributed by atoms with Crippen LogP contribution in [0.3, 0.4) is 0 Å². The Kier molecular flexibility index (Phi) is 3.82. The van der Waals surface area contributed by atoms with Crippen molar-refractivity contribution in [3.63, 3.8) is 0 Å². The summed E-state index contributed by atoms with van der Waals surface area (Å²) in [5.74, 6) is 0. The van der Waals surface area contributed by atoms with Crippen LogP contribution < -0.4 is 0 Å². The zero-order chi connectivity index (χ0) is 24.8. The van der Waals surface area contributed by atoms with Gasteiger partial charge in [-0.25, -0.2) is 0 Å². The largest absolute Gasteiger partial charge is 0.456 e. The van der Waals surface area contributed by atoms with Gasteiger partial charge < -0.3 is 8.83 Å². The van der Waals surface area contributed by atoms with Crippen LogP contribution in [0.4, 0.5) is 0 Å². The summed E-state index contributed by atoms with van der Waals surface area (Å²) in [6.45, 7) is 0. The monoisotopic (exact) mass is 484 g/mol. The maximum absolute atomic E-state index is 6.36. The molecular weight excluding hydrogens is 464 g/mol. The Morgan fingerprint density at radius 2 is 0.684 bits per heavy atom. The van der Waals surface area contributed by atoms with Crippen molar-refractivity contribution in [1.29, 1.82) is 0 Å². The third-order valence-corrected chi connectivity index (χ3v) is 8.06. The van der Waals surface area contributed by atoms with E-state index in [9.17, 15) is 0 Å². The molecule has 1 aliphatic rings. The molecule has 0 saturated carbocycles. The van der Waals surface area contributed by atoms with E-state index in [0.717, 1.165) is 43.9 Å². The molecule has 0 saturated heterocycles. The molecule has 0 bridgehead atoms. The molecule has 0 fully saturated rings. The number of fused-ring (bicyclic) bond motifs is 16.